The standard InChI is InChI=1S/C13H11N7O.2ClH/c14-12-16-5-3-8(19-12)7-1-2-10(21)11(18-7)9-4-6-17-13(15)20-9;;/h1-6,21H,(H2,14,16,19)(H2,15,17,20);2*1H. The summed E-state index contributed by atoms with van der Waals surface area (Å²) in [4.78, 5) is 20.1. The third-order valence-electron chi connectivity index (χ3n) is 2.73. The highest BCUT2D eigenvalue weighted by molar-refractivity contribution is 5.85. The molecule has 120 valence electrons. The predicted octanol–water partition coefficient (Wildman–Crippen LogP) is 1.71. The van der Waals surface area contributed by atoms with Gasteiger partial charge < -0.3 is 16.6 Å². The van der Waals surface area contributed by atoms with Gasteiger partial charge in [0.05, 0.1) is 17.1 Å². The van der Waals surface area contributed by atoms with Crippen LogP contribution in [0.1, 0.15) is 0 Å². The van der Waals surface area contributed by atoms with E-state index in [1.165, 1.54) is 18.5 Å². The van der Waals surface area contributed by atoms with Gasteiger partial charge in [-0.15, -0.1) is 24.8 Å². The lowest BCUT2D eigenvalue weighted by atomic mass is 10.2. The molecular formula is C13H13Cl2N7O. The second-order valence-electron chi connectivity index (χ2n) is 4.16. The fourth-order valence-corrected chi connectivity index (χ4v) is 1.81. The summed E-state index contributed by atoms with van der Waals surface area (Å²) in [6.07, 6.45) is 3.03. The highest BCUT2D eigenvalue weighted by atomic mass is 35.5. The van der Waals surface area contributed by atoms with Crippen molar-refractivity contribution < 1.29 is 5.11 Å². The van der Waals surface area contributed by atoms with Gasteiger partial charge in [0.1, 0.15) is 11.4 Å². The fourth-order valence-electron chi connectivity index (χ4n) is 1.81. The van der Waals surface area contributed by atoms with Crippen molar-refractivity contribution in [1.29, 1.82) is 0 Å². The minimum absolute atomic E-state index is 0. The van der Waals surface area contributed by atoms with Gasteiger partial charge in [0.2, 0.25) is 11.9 Å². The first kappa shape index (κ1) is 18.3. The van der Waals surface area contributed by atoms with Crippen LogP contribution in [0, 0.1) is 0 Å². The third-order valence-corrected chi connectivity index (χ3v) is 2.73. The number of nitrogen functional groups attached to an aromatic ring is 2. The molecule has 3 rings (SSSR count). The van der Waals surface area contributed by atoms with Crippen LogP contribution in [0.2, 0.25) is 0 Å². The number of nitrogens with zero attached hydrogens (tertiary/aromatic N) is 5. The van der Waals surface area contributed by atoms with Crippen LogP contribution >= 0.6 is 24.8 Å². The maximum atomic E-state index is 9.96. The van der Waals surface area contributed by atoms with E-state index in [9.17, 15) is 5.11 Å². The number of aromatic hydroxyl groups is 1. The number of halogens is 2. The van der Waals surface area contributed by atoms with Crippen LogP contribution in [0.25, 0.3) is 22.8 Å². The first-order valence-corrected chi connectivity index (χ1v) is 6.01. The van der Waals surface area contributed by atoms with Crippen LogP contribution < -0.4 is 11.5 Å². The number of hydrogen-bond acceptors (Lipinski definition) is 8. The van der Waals surface area contributed by atoms with Crippen molar-refractivity contribution >= 4 is 36.7 Å². The van der Waals surface area contributed by atoms with E-state index in [4.69, 9.17) is 11.5 Å². The highest BCUT2D eigenvalue weighted by Crippen LogP contribution is 2.28. The summed E-state index contributed by atoms with van der Waals surface area (Å²) in [5.74, 6) is 0.236. The maximum Gasteiger partial charge on any atom is 0.220 e. The Bertz CT molecular complexity index is 816. The summed E-state index contributed by atoms with van der Waals surface area (Å²) in [6, 6.07) is 6.42. The normalized spacial score (nSPS) is 9.57. The van der Waals surface area contributed by atoms with Crippen molar-refractivity contribution in [2.75, 3.05) is 11.5 Å². The molecule has 3 aromatic rings. The van der Waals surface area contributed by atoms with Crippen LogP contribution in [0.15, 0.2) is 36.7 Å². The van der Waals surface area contributed by atoms with Gasteiger partial charge >= 0.3 is 0 Å². The van der Waals surface area contributed by atoms with Crippen molar-refractivity contribution in [3.63, 3.8) is 0 Å². The molecule has 0 unspecified atom stereocenters. The molecule has 0 atom stereocenters. The number of anilines is 2. The highest BCUT2D eigenvalue weighted by Gasteiger charge is 2.11. The molecule has 0 bridgehead atoms. The Labute approximate surface area is 143 Å². The molecule has 0 aliphatic heterocycles. The molecule has 3 aromatic heterocycles. The predicted molar refractivity (Wildman–Crippen MR) is 91.3 cm³/mol. The molecule has 0 amide bonds. The van der Waals surface area contributed by atoms with E-state index in [2.05, 4.69) is 24.9 Å². The molecule has 8 nitrogen and oxygen atoms in total. The van der Waals surface area contributed by atoms with Gasteiger partial charge in [0.15, 0.2) is 0 Å². The van der Waals surface area contributed by atoms with E-state index < -0.39 is 0 Å². The lowest BCUT2D eigenvalue weighted by Crippen LogP contribution is -1.99. The van der Waals surface area contributed by atoms with Crippen LogP contribution in [0.5, 0.6) is 5.75 Å². The second kappa shape index (κ2) is 7.52. The van der Waals surface area contributed by atoms with Crippen molar-refractivity contribution in [1.82, 2.24) is 24.9 Å². The van der Waals surface area contributed by atoms with Crippen molar-refractivity contribution in [3.05, 3.63) is 36.7 Å². The molecular weight excluding hydrogens is 341 g/mol. The molecule has 0 aliphatic carbocycles. The van der Waals surface area contributed by atoms with Crippen molar-refractivity contribution in [2.24, 2.45) is 0 Å². The number of rotatable bonds is 2. The molecule has 0 radical (unpaired) electrons. The average Bonchev–Trinajstić information content (AvgIpc) is 2.47. The number of nitrogens with two attached hydrogens (primary N) is 2. The van der Waals surface area contributed by atoms with E-state index in [0.29, 0.717) is 22.8 Å². The largest absolute Gasteiger partial charge is 0.506 e. The Morgan fingerprint density at radius 3 is 1.83 bits per heavy atom. The smallest absolute Gasteiger partial charge is 0.220 e. The van der Waals surface area contributed by atoms with E-state index in [1.807, 2.05) is 0 Å². The van der Waals surface area contributed by atoms with Gasteiger partial charge in [-0.2, -0.15) is 0 Å². The number of aromatic nitrogens is 5. The summed E-state index contributed by atoms with van der Waals surface area (Å²) in [5.41, 5.74) is 12.9. The SMILES string of the molecule is Cl.Cl.Nc1nccc(-c2ccc(O)c(-c3ccnc(N)n3)n2)n1. The molecule has 0 saturated heterocycles. The first-order chi connectivity index (χ1) is 10.1. The third kappa shape index (κ3) is 3.93. The van der Waals surface area contributed by atoms with Crippen LogP contribution in [-0.4, -0.2) is 30.0 Å². The van der Waals surface area contributed by atoms with Crippen LogP contribution in [0.4, 0.5) is 11.9 Å². The molecule has 10 heteroatoms. The number of pyridine rings is 1. The Balaban J connectivity index is 0.00000132. The van der Waals surface area contributed by atoms with Crippen molar-refractivity contribution in [3.8, 4) is 28.5 Å². The van der Waals surface area contributed by atoms with Gasteiger partial charge in [0, 0.05) is 12.4 Å². The van der Waals surface area contributed by atoms with Gasteiger partial charge in [-0.3, -0.25) is 0 Å². The summed E-state index contributed by atoms with van der Waals surface area (Å²) in [7, 11) is 0. The molecule has 23 heavy (non-hydrogen) atoms. The molecule has 0 saturated carbocycles. The van der Waals surface area contributed by atoms with Gasteiger partial charge in [-0.25, -0.2) is 24.9 Å². The molecule has 5 N–H and O–H groups in total. The quantitative estimate of drug-likeness (QED) is 0.632. The summed E-state index contributed by atoms with van der Waals surface area (Å²) >= 11 is 0. The molecule has 0 fully saturated rings. The Hall–Kier alpha value is -2.71. The lowest BCUT2D eigenvalue weighted by Gasteiger charge is -2.06. The molecule has 0 spiro atoms. The number of hydrogen-bond donors (Lipinski definition) is 3. The minimum Gasteiger partial charge on any atom is -0.506 e. The molecule has 0 aromatic carbocycles. The summed E-state index contributed by atoms with van der Waals surface area (Å²) in [5, 5.41) is 9.96. The zero-order chi connectivity index (χ0) is 14.8. The van der Waals surface area contributed by atoms with Crippen LogP contribution in [-0.2, 0) is 0 Å². The van der Waals surface area contributed by atoms with Gasteiger partial charge in [0.25, 0.3) is 0 Å². The summed E-state index contributed by atoms with van der Waals surface area (Å²) in [6.45, 7) is 0. The molecule has 3 heterocycles. The monoisotopic (exact) mass is 353 g/mol. The zero-order valence-electron chi connectivity index (χ0n) is 11.6. The Morgan fingerprint density at radius 1 is 0.696 bits per heavy atom. The second-order valence-corrected chi connectivity index (χ2v) is 4.16. The summed E-state index contributed by atoms with van der Waals surface area (Å²) < 4.78 is 0. The van der Waals surface area contributed by atoms with E-state index in [-0.39, 0.29) is 42.5 Å². The van der Waals surface area contributed by atoms with Gasteiger partial charge in [-0.1, -0.05) is 0 Å². The van der Waals surface area contributed by atoms with Gasteiger partial charge in [-0.05, 0) is 24.3 Å². The zero-order valence-corrected chi connectivity index (χ0v) is 13.3. The van der Waals surface area contributed by atoms with E-state index in [1.54, 1.807) is 18.2 Å². The lowest BCUT2D eigenvalue weighted by molar-refractivity contribution is 0.475. The molecule has 0 aliphatic rings. The average molecular weight is 354 g/mol. The topological polar surface area (TPSA) is 137 Å². The van der Waals surface area contributed by atoms with E-state index in [0.717, 1.165) is 0 Å². The van der Waals surface area contributed by atoms with Crippen LogP contribution in [0.3, 0.4) is 0 Å². The van der Waals surface area contributed by atoms with Crippen molar-refractivity contribution in [2.45, 2.75) is 0 Å². The van der Waals surface area contributed by atoms with E-state index >= 15 is 0 Å². The maximum absolute atomic E-state index is 9.96. The Morgan fingerprint density at radius 2 is 1.22 bits per heavy atom. The minimum atomic E-state index is -0.0149. The Kier molecular flexibility index (Phi) is 6.00. The first-order valence-electron chi connectivity index (χ1n) is 6.01. The fraction of sp³-hybridized carbons (Fsp3) is 0.